The summed E-state index contributed by atoms with van der Waals surface area (Å²) < 4.78 is 5.10. The second-order valence-electron chi connectivity index (χ2n) is 2.99. The first-order valence-electron chi connectivity index (χ1n) is 5.07. The van der Waals surface area contributed by atoms with Crippen LogP contribution in [0.4, 0.5) is 5.69 Å². The Labute approximate surface area is 115 Å². The van der Waals surface area contributed by atoms with Gasteiger partial charge in [0.25, 0.3) is 0 Å². The quantitative estimate of drug-likeness (QED) is 0.378. The second kappa shape index (κ2) is 7.77. The molecule has 0 aliphatic heterocycles. The number of rotatable bonds is 6. The van der Waals surface area contributed by atoms with Gasteiger partial charge in [0.05, 0.1) is 22.3 Å². The first-order valence-corrected chi connectivity index (χ1v) is 5.83. The van der Waals surface area contributed by atoms with Crippen molar-refractivity contribution >= 4 is 35.2 Å². The summed E-state index contributed by atoms with van der Waals surface area (Å²) in [5.41, 5.74) is 3.06. The van der Waals surface area contributed by atoms with Crippen molar-refractivity contribution < 1.29 is 9.57 Å². The molecule has 1 aromatic rings. The highest BCUT2D eigenvalue weighted by Gasteiger charge is 2.09. The van der Waals surface area contributed by atoms with Gasteiger partial charge in [-0.15, -0.1) is 0 Å². The van der Waals surface area contributed by atoms with Crippen molar-refractivity contribution in [2.75, 3.05) is 13.2 Å². The Morgan fingerprint density at radius 1 is 1.44 bits per heavy atom. The van der Waals surface area contributed by atoms with Crippen LogP contribution in [0.1, 0.15) is 6.92 Å². The summed E-state index contributed by atoms with van der Waals surface area (Å²) in [6, 6.07) is 4.99. The molecule has 0 amide bonds. The zero-order chi connectivity index (χ0) is 13.4. The average molecular weight is 288 g/mol. The molecule has 0 fully saturated rings. The SMILES string of the molecule is CCONC=Nc1cc(Cl)c(OCC#N)c(Cl)c1. The molecule has 0 aliphatic rings. The van der Waals surface area contributed by atoms with E-state index < -0.39 is 0 Å². The van der Waals surface area contributed by atoms with E-state index in [9.17, 15) is 0 Å². The van der Waals surface area contributed by atoms with Crippen molar-refractivity contribution in [1.82, 2.24) is 5.48 Å². The molecule has 96 valence electrons. The molecule has 0 aromatic heterocycles. The van der Waals surface area contributed by atoms with E-state index in [1.807, 2.05) is 13.0 Å². The number of ether oxygens (including phenoxy) is 1. The molecule has 7 heteroatoms. The van der Waals surface area contributed by atoms with Gasteiger partial charge in [-0.05, 0) is 19.1 Å². The van der Waals surface area contributed by atoms with Gasteiger partial charge < -0.3 is 4.74 Å². The number of aliphatic imine (C=N–C) groups is 1. The van der Waals surface area contributed by atoms with E-state index in [1.165, 1.54) is 6.34 Å². The number of nitrogens with zero attached hydrogens (tertiary/aromatic N) is 2. The third-order valence-electron chi connectivity index (χ3n) is 1.76. The summed E-state index contributed by atoms with van der Waals surface area (Å²) in [7, 11) is 0. The number of nitrogens with one attached hydrogen (secondary N) is 1. The van der Waals surface area contributed by atoms with E-state index in [4.69, 9.17) is 38.0 Å². The van der Waals surface area contributed by atoms with E-state index in [2.05, 4.69) is 10.5 Å². The zero-order valence-electron chi connectivity index (χ0n) is 9.61. The standard InChI is InChI=1S/C11H11Cl2N3O2/c1-2-18-16-7-15-8-5-9(12)11(10(13)6-8)17-4-3-14/h5-7H,2,4H2,1H3,(H,15,16). The van der Waals surface area contributed by atoms with Crippen molar-refractivity contribution in [3.63, 3.8) is 0 Å². The van der Waals surface area contributed by atoms with E-state index in [0.717, 1.165) is 0 Å². The lowest BCUT2D eigenvalue weighted by Gasteiger charge is -2.07. The summed E-state index contributed by atoms with van der Waals surface area (Å²) in [4.78, 5) is 8.90. The fourth-order valence-electron chi connectivity index (χ4n) is 1.08. The smallest absolute Gasteiger partial charge is 0.174 e. The average Bonchev–Trinajstić information content (AvgIpc) is 2.34. The molecule has 5 nitrogen and oxygen atoms in total. The van der Waals surface area contributed by atoms with Crippen molar-refractivity contribution in [2.24, 2.45) is 4.99 Å². The Morgan fingerprint density at radius 2 is 2.11 bits per heavy atom. The Hall–Kier alpha value is -1.48. The highest BCUT2D eigenvalue weighted by atomic mass is 35.5. The van der Waals surface area contributed by atoms with Gasteiger partial charge in [-0.1, -0.05) is 23.2 Å². The number of benzene rings is 1. The molecule has 0 bridgehead atoms. The maximum Gasteiger partial charge on any atom is 0.174 e. The van der Waals surface area contributed by atoms with Crippen LogP contribution < -0.4 is 10.2 Å². The third-order valence-corrected chi connectivity index (χ3v) is 2.32. The minimum absolute atomic E-state index is 0.117. The topological polar surface area (TPSA) is 66.6 Å². The van der Waals surface area contributed by atoms with E-state index >= 15 is 0 Å². The largest absolute Gasteiger partial charge is 0.476 e. The lowest BCUT2D eigenvalue weighted by Crippen LogP contribution is -2.10. The van der Waals surface area contributed by atoms with Gasteiger partial charge in [-0.2, -0.15) is 5.26 Å². The van der Waals surface area contributed by atoms with Crippen LogP contribution >= 0.6 is 23.2 Å². The molecule has 0 heterocycles. The van der Waals surface area contributed by atoms with Gasteiger partial charge >= 0.3 is 0 Å². The van der Waals surface area contributed by atoms with Crippen LogP contribution in [0.25, 0.3) is 0 Å². The molecule has 0 saturated heterocycles. The maximum atomic E-state index is 8.42. The second-order valence-corrected chi connectivity index (χ2v) is 3.81. The van der Waals surface area contributed by atoms with Crippen molar-refractivity contribution in [3.05, 3.63) is 22.2 Å². The molecule has 1 rings (SSSR count). The van der Waals surface area contributed by atoms with Gasteiger partial charge in [0.1, 0.15) is 12.4 Å². The highest BCUT2D eigenvalue weighted by molar-refractivity contribution is 6.37. The van der Waals surface area contributed by atoms with Gasteiger partial charge in [0.2, 0.25) is 0 Å². The van der Waals surface area contributed by atoms with Crippen molar-refractivity contribution in [1.29, 1.82) is 5.26 Å². The molecule has 18 heavy (non-hydrogen) atoms. The van der Waals surface area contributed by atoms with Crippen molar-refractivity contribution in [3.8, 4) is 11.8 Å². The summed E-state index contributed by atoms with van der Waals surface area (Å²) >= 11 is 11.9. The lowest BCUT2D eigenvalue weighted by molar-refractivity contribution is 0.100. The van der Waals surface area contributed by atoms with E-state index in [1.54, 1.807) is 12.1 Å². The van der Waals surface area contributed by atoms with Crippen LogP contribution in [0.3, 0.4) is 0 Å². The summed E-state index contributed by atoms with van der Waals surface area (Å²) in [5, 5.41) is 9.01. The molecule has 0 radical (unpaired) electrons. The molecule has 0 spiro atoms. The molecule has 0 unspecified atom stereocenters. The molecule has 0 atom stereocenters. The Bertz CT molecular complexity index is 449. The first-order chi connectivity index (χ1) is 8.69. The van der Waals surface area contributed by atoms with Gasteiger partial charge in [-0.3, -0.25) is 10.3 Å². The lowest BCUT2D eigenvalue weighted by atomic mass is 10.3. The Balaban J connectivity index is 2.79. The monoisotopic (exact) mass is 287 g/mol. The van der Waals surface area contributed by atoms with Crippen LogP contribution in [0.5, 0.6) is 5.75 Å². The third kappa shape index (κ3) is 4.41. The van der Waals surface area contributed by atoms with Crippen LogP contribution in [0.2, 0.25) is 10.0 Å². The fourth-order valence-corrected chi connectivity index (χ4v) is 1.67. The predicted octanol–water partition coefficient (Wildman–Crippen LogP) is 3.10. The highest BCUT2D eigenvalue weighted by Crippen LogP contribution is 2.36. The summed E-state index contributed by atoms with van der Waals surface area (Å²) in [5.74, 6) is 0.275. The minimum atomic E-state index is -0.117. The normalized spacial score (nSPS) is 10.3. The van der Waals surface area contributed by atoms with E-state index in [-0.39, 0.29) is 12.4 Å². The number of hydrogen-bond donors (Lipinski definition) is 1. The van der Waals surface area contributed by atoms with Gasteiger partial charge in [0, 0.05) is 0 Å². The molecular formula is C11H11Cl2N3O2. The minimum Gasteiger partial charge on any atom is -0.476 e. The Kier molecular flexibility index (Phi) is 6.29. The van der Waals surface area contributed by atoms with Crippen molar-refractivity contribution in [2.45, 2.75) is 6.92 Å². The number of nitriles is 1. The summed E-state index contributed by atoms with van der Waals surface area (Å²) in [6.45, 7) is 2.25. The molecular weight excluding hydrogens is 277 g/mol. The molecule has 0 aliphatic carbocycles. The molecule has 1 aromatic carbocycles. The van der Waals surface area contributed by atoms with Crippen LogP contribution in [-0.2, 0) is 4.84 Å². The maximum absolute atomic E-state index is 8.42. The molecule has 1 N–H and O–H groups in total. The zero-order valence-corrected chi connectivity index (χ0v) is 11.1. The number of hydroxylamine groups is 1. The number of halogens is 2. The van der Waals surface area contributed by atoms with Gasteiger partial charge in [-0.25, -0.2) is 4.99 Å². The Morgan fingerprint density at radius 3 is 2.67 bits per heavy atom. The number of hydrogen-bond acceptors (Lipinski definition) is 4. The van der Waals surface area contributed by atoms with Crippen LogP contribution in [0.15, 0.2) is 17.1 Å². The molecule has 0 saturated carbocycles. The van der Waals surface area contributed by atoms with Gasteiger partial charge in [0.15, 0.2) is 12.4 Å². The first kappa shape index (κ1) is 14.6. The predicted molar refractivity (Wildman–Crippen MR) is 70.5 cm³/mol. The van der Waals surface area contributed by atoms with Crippen LogP contribution in [0, 0.1) is 11.3 Å². The fraction of sp³-hybridized carbons (Fsp3) is 0.273. The van der Waals surface area contributed by atoms with E-state index in [0.29, 0.717) is 22.3 Å². The van der Waals surface area contributed by atoms with Crippen LogP contribution in [-0.4, -0.2) is 19.6 Å². The summed E-state index contributed by atoms with van der Waals surface area (Å²) in [6.07, 6.45) is 1.38.